The van der Waals surface area contributed by atoms with E-state index in [-0.39, 0.29) is 31.3 Å². The average Bonchev–Trinajstić information content (AvgIpc) is 3.06. The number of urea groups is 1. The number of nitrogens with one attached hydrogen (secondary N) is 2. The zero-order valence-corrected chi connectivity index (χ0v) is 17.1. The van der Waals surface area contributed by atoms with E-state index in [2.05, 4.69) is 10.6 Å². The van der Waals surface area contributed by atoms with Crippen molar-refractivity contribution >= 4 is 23.8 Å². The molecule has 1 unspecified atom stereocenters. The number of aryl methyl sites for hydroxylation is 1. The Hall–Kier alpha value is -2.90. The van der Waals surface area contributed by atoms with Crippen LogP contribution in [0.1, 0.15) is 49.7 Å². The summed E-state index contributed by atoms with van der Waals surface area (Å²) in [5.41, 5.74) is 0.801. The van der Waals surface area contributed by atoms with Gasteiger partial charge >= 0.3 is 6.03 Å². The van der Waals surface area contributed by atoms with Gasteiger partial charge in [-0.2, -0.15) is 0 Å². The summed E-state index contributed by atoms with van der Waals surface area (Å²) in [5, 5.41) is 5.48. The first kappa shape index (κ1) is 20.4. The zero-order chi connectivity index (χ0) is 21.1. The second-order valence-electron chi connectivity index (χ2n) is 8.28. The van der Waals surface area contributed by atoms with Gasteiger partial charge in [0.05, 0.1) is 0 Å². The number of benzene rings is 1. The zero-order valence-electron chi connectivity index (χ0n) is 17.1. The van der Waals surface area contributed by atoms with Crippen LogP contribution in [-0.2, 0) is 26.3 Å². The van der Waals surface area contributed by atoms with Gasteiger partial charge in [0.15, 0.2) is 0 Å². The summed E-state index contributed by atoms with van der Waals surface area (Å²) in [6, 6.07) is 7.03. The Labute approximate surface area is 176 Å². The minimum absolute atomic E-state index is 0.0358. The fourth-order valence-corrected chi connectivity index (χ4v) is 4.72. The van der Waals surface area contributed by atoms with Gasteiger partial charge in [0.25, 0.3) is 5.91 Å². The monoisotopic (exact) mass is 412 g/mol. The molecule has 1 spiro atoms. The van der Waals surface area contributed by atoms with E-state index in [1.165, 1.54) is 0 Å². The molecule has 2 saturated heterocycles. The van der Waals surface area contributed by atoms with Crippen LogP contribution >= 0.6 is 0 Å². The van der Waals surface area contributed by atoms with Crippen LogP contribution in [0.3, 0.4) is 0 Å². The van der Waals surface area contributed by atoms with Crippen LogP contribution in [0, 0.1) is 0 Å². The molecule has 8 nitrogen and oxygen atoms in total. The van der Waals surface area contributed by atoms with E-state index in [4.69, 9.17) is 0 Å². The van der Waals surface area contributed by atoms with Gasteiger partial charge in [-0.15, -0.1) is 0 Å². The number of hydrogen-bond donors (Lipinski definition) is 2. The number of rotatable bonds is 5. The van der Waals surface area contributed by atoms with Gasteiger partial charge in [-0.1, -0.05) is 37.1 Å². The van der Waals surface area contributed by atoms with Gasteiger partial charge in [0, 0.05) is 26.1 Å². The molecule has 2 aliphatic heterocycles. The number of imide groups is 1. The maximum Gasteiger partial charge on any atom is 0.325 e. The molecule has 3 aliphatic rings. The second-order valence-corrected chi connectivity index (χ2v) is 8.28. The van der Waals surface area contributed by atoms with E-state index in [9.17, 15) is 19.2 Å². The number of amides is 5. The summed E-state index contributed by atoms with van der Waals surface area (Å²) in [7, 11) is 0. The maximum absolute atomic E-state index is 13.1. The molecule has 0 aromatic heterocycles. The number of nitrogens with zero attached hydrogens (tertiary/aromatic N) is 2. The van der Waals surface area contributed by atoms with E-state index in [1.807, 2.05) is 29.2 Å². The highest BCUT2D eigenvalue weighted by Crippen LogP contribution is 2.41. The van der Waals surface area contributed by atoms with E-state index in [0.717, 1.165) is 54.8 Å². The number of carbonyl (C=O) groups excluding carboxylic acids is 4. The van der Waals surface area contributed by atoms with E-state index >= 15 is 0 Å². The van der Waals surface area contributed by atoms with Crippen LogP contribution in [0.2, 0.25) is 0 Å². The van der Waals surface area contributed by atoms with E-state index in [1.54, 1.807) is 0 Å². The van der Waals surface area contributed by atoms with Crippen LogP contribution in [0.25, 0.3) is 0 Å². The van der Waals surface area contributed by atoms with Crippen LogP contribution in [-0.4, -0.2) is 59.7 Å². The molecule has 0 bridgehead atoms. The normalized spacial score (nSPS) is 23.3. The molecule has 1 aromatic rings. The van der Waals surface area contributed by atoms with Crippen molar-refractivity contribution in [3.05, 3.63) is 35.4 Å². The van der Waals surface area contributed by atoms with Crippen molar-refractivity contribution < 1.29 is 19.2 Å². The Balaban J connectivity index is 1.30. The predicted molar refractivity (Wildman–Crippen MR) is 109 cm³/mol. The molecular weight excluding hydrogens is 384 g/mol. The number of likely N-dealkylation sites (tertiary alicyclic amines) is 1. The molecule has 4 rings (SSSR count). The Morgan fingerprint density at radius 2 is 1.80 bits per heavy atom. The topological polar surface area (TPSA) is 98.8 Å². The van der Waals surface area contributed by atoms with Gasteiger partial charge in [-0.05, 0) is 36.8 Å². The minimum Gasteiger partial charge on any atom is -0.354 e. The molecule has 5 amide bonds. The lowest BCUT2D eigenvalue weighted by atomic mass is 9.92. The van der Waals surface area contributed by atoms with Crippen molar-refractivity contribution in [2.24, 2.45) is 0 Å². The Morgan fingerprint density at radius 1 is 1.07 bits per heavy atom. The third-order valence-corrected chi connectivity index (χ3v) is 6.34. The maximum atomic E-state index is 13.1. The average molecular weight is 412 g/mol. The van der Waals surface area contributed by atoms with Gasteiger partial charge in [-0.3, -0.25) is 19.3 Å². The molecule has 1 aliphatic carbocycles. The largest absolute Gasteiger partial charge is 0.354 e. The fourth-order valence-electron chi connectivity index (χ4n) is 4.72. The Kier molecular flexibility index (Phi) is 5.74. The first-order valence-electron chi connectivity index (χ1n) is 10.8. The van der Waals surface area contributed by atoms with Gasteiger partial charge in [-0.25, -0.2) is 4.79 Å². The molecule has 8 heteroatoms. The van der Waals surface area contributed by atoms with Crippen molar-refractivity contribution in [1.82, 2.24) is 20.4 Å². The van der Waals surface area contributed by atoms with Crippen molar-refractivity contribution in [2.75, 3.05) is 26.2 Å². The van der Waals surface area contributed by atoms with Crippen molar-refractivity contribution in [2.45, 2.75) is 50.5 Å². The summed E-state index contributed by atoms with van der Waals surface area (Å²) in [6.07, 6.45) is 5.78. The first-order chi connectivity index (χ1) is 14.5. The SMILES string of the molecule is O=C(CN1C(=O)NC2(CCc3ccccc32)C1=O)NCCC(=O)N1CCCCCC1. The molecule has 160 valence electrons. The fraction of sp³-hybridized carbons (Fsp3) is 0.545. The third-order valence-electron chi connectivity index (χ3n) is 6.34. The molecule has 2 fully saturated rings. The highest BCUT2D eigenvalue weighted by atomic mass is 16.2. The van der Waals surface area contributed by atoms with E-state index in [0.29, 0.717) is 12.8 Å². The molecule has 1 aromatic carbocycles. The van der Waals surface area contributed by atoms with Crippen LogP contribution in [0.4, 0.5) is 4.79 Å². The lowest BCUT2D eigenvalue weighted by molar-refractivity contribution is -0.135. The van der Waals surface area contributed by atoms with E-state index < -0.39 is 17.5 Å². The first-order valence-corrected chi connectivity index (χ1v) is 10.8. The summed E-state index contributed by atoms with van der Waals surface area (Å²) >= 11 is 0. The van der Waals surface area contributed by atoms with Crippen molar-refractivity contribution in [3.8, 4) is 0 Å². The van der Waals surface area contributed by atoms with Crippen molar-refractivity contribution in [1.29, 1.82) is 0 Å². The standard InChI is InChI=1S/C22H28N4O4/c27-18(23-12-10-19(28)25-13-5-1-2-6-14-25)15-26-20(29)22(24-21(26)30)11-9-16-7-3-4-8-17(16)22/h3-4,7-8H,1-2,5-6,9-15H2,(H,23,27)(H,24,30). The molecule has 1 atom stereocenters. The summed E-state index contributed by atoms with van der Waals surface area (Å²) in [4.78, 5) is 53.0. The number of fused-ring (bicyclic) bond motifs is 2. The highest BCUT2D eigenvalue weighted by Gasteiger charge is 2.55. The Morgan fingerprint density at radius 3 is 2.57 bits per heavy atom. The molecule has 0 radical (unpaired) electrons. The van der Waals surface area contributed by atoms with Crippen LogP contribution in [0.5, 0.6) is 0 Å². The molecule has 2 N–H and O–H groups in total. The van der Waals surface area contributed by atoms with Gasteiger partial charge < -0.3 is 15.5 Å². The smallest absolute Gasteiger partial charge is 0.325 e. The third kappa shape index (κ3) is 3.78. The summed E-state index contributed by atoms with van der Waals surface area (Å²) in [6.45, 7) is 1.41. The molecule has 0 saturated carbocycles. The molecule has 2 heterocycles. The predicted octanol–water partition coefficient (Wildman–Crippen LogP) is 1.29. The van der Waals surface area contributed by atoms with Crippen LogP contribution in [0.15, 0.2) is 24.3 Å². The highest BCUT2D eigenvalue weighted by molar-refractivity contribution is 6.09. The molecule has 30 heavy (non-hydrogen) atoms. The second kappa shape index (κ2) is 8.45. The van der Waals surface area contributed by atoms with Gasteiger partial charge in [0.2, 0.25) is 11.8 Å². The van der Waals surface area contributed by atoms with Crippen LogP contribution < -0.4 is 10.6 Å². The molecular formula is C22H28N4O4. The lowest BCUT2D eigenvalue weighted by Gasteiger charge is -2.22. The van der Waals surface area contributed by atoms with Crippen molar-refractivity contribution in [3.63, 3.8) is 0 Å². The summed E-state index contributed by atoms with van der Waals surface area (Å²) in [5.74, 6) is -0.785. The Bertz CT molecular complexity index is 862. The summed E-state index contributed by atoms with van der Waals surface area (Å²) < 4.78 is 0. The number of carbonyl (C=O) groups is 4. The lowest BCUT2D eigenvalue weighted by Crippen LogP contribution is -2.44. The quantitative estimate of drug-likeness (QED) is 0.712. The number of hydrogen-bond acceptors (Lipinski definition) is 4. The minimum atomic E-state index is -1.06. The van der Waals surface area contributed by atoms with Gasteiger partial charge in [0.1, 0.15) is 12.1 Å².